The van der Waals surface area contributed by atoms with Crippen molar-refractivity contribution >= 4 is 45.7 Å². The third-order valence-corrected chi connectivity index (χ3v) is 4.88. The zero-order valence-electron chi connectivity index (χ0n) is 12.5. The number of aryl methyl sites for hydroxylation is 2. The largest absolute Gasteiger partial charge is 0.346 e. The van der Waals surface area contributed by atoms with Crippen molar-refractivity contribution in [1.29, 1.82) is 0 Å². The molecule has 3 aromatic rings. The fourth-order valence-electron chi connectivity index (χ4n) is 3.12. The molecule has 0 saturated carbocycles. The molecule has 4 nitrogen and oxygen atoms in total. The molecule has 1 aromatic heterocycles. The van der Waals surface area contributed by atoms with Crippen LogP contribution in [0, 0.1) is 0 Å². The molecule has 0 bridgehead atoms. The van der Waals surface area contributed by atoms with E-state index in [1.807, 2.05) is 16.7 Å². The SMILES string of the molecule is O=C(Nc1c(Cl)cccc1Cl)c1cn2c3c(cccc3c1=O)CC2. The lowest BCUT2D eigenvalue weighted by molar-refractivity contribution is 0.102. The number of carbonyl (C=O) groups excluding carboxylic acids is 1. The lowest BCUT2D eigenvalue weighted by Gasteiger charge is -2.11. The van der Waals surface area contributed by atoms with Gasteiger partial charge in [-0.05, 0) is 30.2 Å². The van der Waals surface area contributed by atoms with Gasteiger partial charge in [0, 0.05) is 18.1 Å². The standard InChI is InChI=1S/C18H12Cl2N2O2/c19-13-5-2-6-14(20)15(13)21-18(24)12-9-22-8-7-10-3-1-4-11(16(10)22)17(12)23/h1-6,9H,7-8H2,(H,21,24). The van der Waals surface area contributed by atoms with E-state index in [9.17, 15) is 9.59 Å². The molecule has 0 fully saturated rings. The molecule has 24 heavy (non-hydrogen) atoms. The van der Waals surface area contributed by atoms with E-state index in [-0.39, 0.29) is 11.0 Å². The Morgan fingerprint density at radius 2 is 1.79 bits per heavy atom. The lowest BCUT2D eigenvalue weighted by Crippen LogP contribution is -2.23. The molecular weight excluding hydrogens is 347 g/mol. The Hall–Kier alpha value is -2.30. The molecule has 6 heteroatoms. The molecule has 0 atom stereocenters. The Labute approximate surface area is 147 Å². The van der Waals surface area contributed by atoms with Gasteiger partial charge in [0.15, 0.2) is 0 Å². The maximum absolute atomic E-state index is 12.7. The predicted octanol–water partition coefficient (Wildman–Crippen LogP) is 4.12. The van der Waals surface area contributed by atoms with Crippen molar-refractivity contribution in [3.63, 3.8) is 0 Å². The minimum absolute atomic E-state index is 0.0811. The van der Waals surface area contributed by atoms with E-state index in [1.54, 1.807) is 30.5 Å². The van der Waals surface area contributed by atoms with E-state index in [1.165, 1.54) is 0 Å². The van der Waals surface area contributed by atoms with E-state index in [0.29, 0.717) is 21.1 Å². The average Bonchev–Trinajstić information content (AvgIpc) is 2.98. The highest BCUT2D eigenvalue weighted by atomic mass is 35.5. The number of pyridine rings is 1. The van der Waals surface area contributed by atoms with Crippen molar-refractivity contribution in [2.75, 3.05) is 5.32 Å². The van der Waals surface area contributed by atoms with Crippen LogP contribution in [0.4, 0.5) is 5.69 Å². The number of halogens is 2. The van der Waals surface area contributed by atoms with Crippen LogP contribution in [0.2, 0.25) is 10.0 Å². The van der Waals surface area contributed by atoms with Gasteiger partial charge in [-0.15, -0.1) is 0 Å². The van der Waals surface area contributed by atoms with Gasteiger partial charge in [-0.25, -0.2) is 0 Å². The van der Waals surface area contributed by atoms with Crippen LogP contribution in [0.15, 0.2) is 47.4 Å². The van der Waals surface area contributed by atoms with Gasteiger partial charge in [-0.1, -0.05) is 41.4 Å². The van der Waals surface area contributed by atoms with E-state index in [4.69, 9.17) is 23.2 Å². The molecule has 1 aliphatic rings. The second-order valence-electron chi connectivity index (χ2n) is 5.68. The van der Waals surface area contributed by atoms with Crippen molar-refractivity contribution in [1.82, 2.24) is 4.57 Å². The summed E-state index contributed by atoms with van der Waals surface area (Å²) < 4.78 is 1.95. The molecule has 1 N–H and O–H groups in total. The number of benzene rings is 2. The predicted molar refractivity (Wildman–Crippen MR) is 96.3 cm³/mol. The normalized spacial score (nSPS) is 12.6. The number of rotatable bonds is 2. The summed E-state index contributed by atoms with van der Waals surface area (Å²) in [6.07, 6.45) is 2.47. The summed E-state index contributed by atoms with van der Waals surface area (Å²) in [5, 5.41) is 3.86. The van der Waals surface area contributed by atoms with Crippen molar-refractivity contribution in [2.45, 2.75) is 13.0 Å². The third kappa shape index (κ3) is 2.30. The Morgan fingerprint density at radius 1 is 1.08 bits per heavy atom. The summed E-state index contributed by atoms with van der Waals surface area (Å²) in [7, 11) is 0. The van der Waals surface area contributed by atoms with Crippen LogP contribution >= 0.6 is 23.2 Å². The lowest BCUT2D eigenvalue weighted by atomic mass is 10.1. The number of aromatic nitrogens is 1. The molecule has 0 unspecified atom stereocenters. The molecule has 0 spiro atoms. The van der Waals surface area contributed by atoms with Crippen LogP contribution < -0.4 is 10.7 Å². The fraction of sp³-hybridized carbons (Fsp3) is 0.111. The van der Waals surface area contributed by atoms with Gasteiger partial charge in [0.1, 0.15) is 5.56 Å². The number of anilines is 1. The highest BCUT2D eigenvalue weighted by molar-refractivity contribution is 6.40. The first-order valence-electron chi connectivity index (χ1n) is 7.46. The zero-order chi connectivity index (χ0) is 16.8. The van der Waals surface area contributed by atoms with E-state index >= 15 is 0 Å². The molecule has 2 heterocycles. The first-order valence-corrected chi connectivity index (χ1v) is 8.22. The monoisotopic (exact) mass is 358 g/mol. The van der Waals surface area contributed by atoms with Crippen molar-refractivity contribution in [2.24, 2.45) is 0 Å². The summed E-state index contributed by atoms with van der Waals surface area (Å²) in [5.74, 6) is -0.516. The fourth-order valence-corrected chi connectivity index (χ4v) is 3.61. The maximum atomic E-state index is 12.7. The second-order valence-corrected chi connectivity index (χ2v) is 6.49. The molecule has 0 radical (unpaired) electrons. The van der Waals surface area contributed by atoms with Gasteiger partial charge in [0.25, 0.3) is 5.91 Å². The summed E-state index contributed by atoms with van der Waals surface area (Å²) in [4.78, 5) is 25.3. The van der Waals surface area contributed by atoms with Crippen LogP contribution in [0.1, 0.15) is 15.9 Å². The van der Waals surface area contributed by atoms with Crippen LogP contribution in [0.3, 0.4) is 0 Å². The number of nitrogens with zero attached hydrogens (tertiary/aromatic N) is 1. The van der Waals surface area contributed by atoms with Crippen LogP contribution in [-0.4, -0.2) is 10.5 Å². The van der Waals surface area contributed by atoms with Gasteiger partial charge < -0.3 is 9.88 Å². The number of hydrogen-bond acceptors (Lipinski definition) is 2. The average molecular weight is 359 g/mol. The van der Waals surface area contributed by atoms with Crippen LogP contribution in [0.5, 0.6) is 0 Å². The molecule has 0 saturated heterocycles. The van der Waals surface area contributed by atoms with Crippen LogP contribution in [0.25, 0.3) is 10.9 Å². The molecular formula is C18H12Cl2N2O2. The van der Waals surface area contributed by atoms with Crippen molar-refractivity contribution in [3.05, 3.63) is 74.0 Å². The highest BCUT2D eigenvalue weighted by Gasteiger charge is 2.21. The zero-order valence-corrected chi connectivity index (χ0v) is 14.0. The minimum atomic E-state index is -0.516. The summed E-state index contributed by atoms with van der Waals surface area (Å²) >= 11 is 12.2. The van der Waals surface area contributed by atoms with E-state index in [0.717, 1.165) is 24.0 Å². The van der Waals surface area contributed by atoms with Crippen molar-refractivity contribution in [3.8, 4) is 0 Å². The third-order valence-electron chi connectivity index (χ3n) is 4.25. The first-order chi connectivity index (χ1) is 11.6. The Balaban J connectivity index is 1.82. The summed E-state index contributed by atoms with van der Waals surface area (Å²) in [5.41, 5.74) is 2.14. The smallest absolute Gasteiger partial charge is 0.261 e. The number of hydrogen-bond donors (Lipinski definition) is 1. The number of para-hydroxylation sites is 2. The minimum Gasteiger partial charge on any atom is -0.346 e. The van der Waals surface area contributed by atoms with Crippen molar-refractivity contribution < 1.29 is 4.79 Å². The number of carbonyl (C=O) groups is 1. The Kier molecular flexibility index (Phi) is 3.59. The Morgan fingerprint density at radius 3 is 2.54 bits per heavy atom. The summed E-state index contributed by atoms with van der Waals surface area (Å²) in [6, 6.07) is 10.6. The van der Waals surface area contributed by atoms with Gasteiger partial charge in [-0.3, -0.25) is 9.59 Å². The van der Waals surface area contributed by atoms with Gasteiger partial charge >= 0.3 is 0 Å². The van der Waals surface area contributed by atoms with Gasteiger partial charge in [0.05, 0.1) is 21.2 Å². The topological polar surface area (TPSA) is 51.1 Å². The van der Waals surface area contributed by atoms with Gasteiger partial charge in [0.2, 0.25) is 5.43 Å². The molecule has 120 valence electrons. The van der Waals surface area contributed by atoms with Crippen LogP contribution in [-0.2, 0) is 13.0 Å². The van der Waals surface area contributed by atoms with E-state index in [2.05, 4.69) is 5.32 Å². The first kappa shape index (κ1) is 15.2. The highest BCUT2D eigenvalue weighted by Crippen LogP contribution is 2.30. The van der Waals surface area contributed by atoms with Gasteiger partial charge in [-0.2, -0.15) is 0 Å². The number of nitrogens with one attached hydrogen (secondary N) is 1. The maximum Gasteiger partial charge on any atom is 0.261 e. The molecule has 1 aliphatic heterocycles. The summed E-state index contributed by atoms with van der Waals surface area (Å²) in [6.45, 7) is 0.753. The molecule has 2 aromatic carbocycles. The second kappa shape index (κ2) is 5.65. The Bertz CT molecular complexity index is 1040. The quantitative estimate of drug-likeness (QED) is 0.749. The molecule has 1 amide bonds. The molecule has 0 aliphatic carbocycles. The van der Waals surface area contributed by atoms with E-state index < -0.39 is 5.91 Å². The molecule has 4 rings (SSSR count). The number of amides is 1.